The molecule has 0 radical (unpaired) electrons. The van der Waals surface area contributed by atoms with Crippen LogP contribution >= 0.6 is 11.6 Å². The van der Waals surface area contributed by atoms with Crippen LogP contribution in [-0.4, -0.2) is 11.1 Å². The van der Waals surface area contributed by atoms with Crippen molar-refractivity contribution in [2.24, 2.45) is 0 Å². The van der Waals surface area contributed by atoms with Crippen LogP contribution in [0.2, 0.25) is 5.02 Å². The van der Waals surface area contributed by atoms with Gasteiger partial charge in [0.15, 0.2) is 0 Å². The van der Waals surface area contributed by atoms with E-state index in [1.807, 2.05) is 0 Å². The molecule has 0 unspecified atom stereocenters. The number of nitrogens with two attached hydrogens (primary N) is 1. The average molecular weight is 187 g/mol. The molecule has 0 heterocycles. The summed E-state index contributed by atoms with van der Waals surface area (Å²) in [5, 5.41) is 19.4. The molecule has 4 nitrogen and oxygen atoms in total. The Kier molecular flexibility index (Phi) is 2.10. The fraction of sp³-hybridized carbons (Fsp3) is 0. The molecule has 0 amide bonds. The summed E-state index contributed by atoms with van der Waals surface area (Å²) in [6, 6.07) is 2.41. The molecular weight excluding hydrogens is 182 g/mol. The van der Waals surface area contributed by atoms with Crippen molar-refractivity contribution in [1.29, 1.82) is 0 Å². The SMILES string of the molecule is Nc1c(C(=O)O)ccc(Cl)c1[O-]. The monoisotopic (exact) mass is 186 g/mol. The smallest absolute Gasteiger partial charge is 0.337 e. The van der Waals surface area contributed by atoms with Gasteiger partial charge in [-0.25, -0.2) is 4.79 Å². The van der Waals surface area contributed by atoms with E-state index in [4.69, 9.17) is 22.4 Å². The van der Waals surface area contributed by atoms with Gasteiger partial charge in [-0.3, -0.25) is 0 Å². The lowest BCUT2D eigenvalue weighted by atomic mass is 10.1. The Morgan fingerprint density at radius 3 is 2.67 bits per heavy atom. The highest BCUT2D eigenvalue weighted by molar-refractivity contribution is 6.32. The molecule has 0 aliphatic carbocycles. The molecule has 1 rings (SSSR count). The fourth-order valence-corrected chi connectivity index (χ4v) is 0.924. The standard InChI is InChI=1S/C7H6ClNO3/c8-4-2-1-3(7(11)12)5(9)6(4)10/h1-2,10H,9H2,(H,11,12)/p-1. The highest BCUT2D eigenvalue weighted by Crippen LogP contribution is 2.29. The summed E-state index contributed by atoms with van der Waals surface area (Å²) in [5.74, 6) is -1.88. The number of hydrogen-bond donors (Lipinski definition) is 2. The zero-order valence-electron chi connectivity index (χ0n) is 5.87. The third-order valence-corrected chi connectivity index (χ3v) is 1.68. The van der Waals surface area contributed by atoms with Crippen molar-refractivity contribution in [1.82, 2.24) is 0 Å². The van der Waals surface area contributed by atoms with E-state index < -0.39 is 11.7 Å². The van der Waals surface area contributed by atoms with E-state index in [-0.39, 0.29) is 16.3 Å². The molecule has 12 heavy (non-hydrogen) atoms. The Hall–Kier alpha value is -1.42. The van der Waals surface area contributed by atoms with Crippen LogP contribution in [0.4, 0.5) is 5.69 Å². The zero-order chi connectivity index (χ0) is 9.30. The van der Waals surface area contributed by atoms with Crippen LogP contribution in [0.15, 0.2) is 12.1 Å². The summed E-state index contributed by atoms with van der Waals surface area (Å²) in [6.45, 7) is 0. The van der Waals surface area contributed by atoms with Crippen LogP contribution in [0.25, 0.3) is 0 Å². The molecule has 0 aliphatic rings. The Balaban J connectivity index is 3.36. The van der Waals surface area contributed by atoms with E-state index >= 15 is 0 Å². The molecular formula is C7H5ClNO3-. The second-order valence-corrected chi connectivity index (χ2v) is 2.55. The maximum atomic E-state index is 11.0. The van der Waals surface area contributed by atoms with Gasteiger partial charge in [-0.05, 0) is 12.1 Å². The van der Waals surface area contributed by atoms with Crippen molar-refractivity contribution in [3.8, 4) is 5.75 Å². The quantitative estimate of drug-likeness (QED) is 0.632. The Labute approximate surface area is 73.2 Å². The van der Waals surface area contributed by atoms with Crippen molar-refractivity contribution in [2.75, 3.05) is 5.73 Å². The van der Waals surface area contributed by atoms with Gasteiger partial charge >= 0.3 is 5.97 Å². The number of carboxylic acids is 1. The molecule has 1 aromatic carbocycles. The predicted octanol–water partition coefficient (Wildman–Crippen LogP) is 0.694. The van der Waals surface area contributed by atoms with Gasteiger partial charge in [0.05, 0.1) is 5.56 Å². The number of carbonyl (C=O) groups is 1. The summed E-state index contributed by atoms with van der Waals surface area (Å²) in [5.41, 5.74) is 4.66. The number of aromatic carboxylic acids is 1. The summed E-state index contributed by atoms with van der Waals surface area (Å²) >= 11 is 5.41. The van der Waals surface area contributed by atoms with Crippen LogP contribution < -0.4 is 10.8 Å². The van der Waals surface area contributed by atoms with Crippen molar-refractivity contribution in [3.05, 3.63) is 22.7 Å². The minimum absolute atomic E-state index is 0.0718. The fourth-order valence-electron chi connectivity index (χ4n) is 0.759. The van der Waals surface area contributed by atoms with E-state index in [0.717, 1.165) is 0 Å². The first-order valence-electron chi connectivity index (χ1n) is 3.02. The molecule has 0 bridgehead atoms. The molecule has 64 valence electrons. The molecule has 3 N–H and O–H groups in total. The van der Waals surface area contributed by atoms with Crippen molar-refractivity contribution in [3.63, 3.8) is 0 Å². The van der Waals surface area contributed by atoms with Gasteiger partial charge < -0.3 is 15.9 Å². The van der Waals surface area contributed by atoms with E-state index in [0.29, 0.717) is 0 Å². The molecule has 0 aromatic heterocycles. The number of carboxylic acid groups (broad SMARTS) is 1. The van der Waals surface area contributed by atoms with Gasteiger partial charge in [0, 0.05) is 10.7 Å². The third-order valence-electron chi connectivity index (χ3n) is 1.38. The van der Waals surface area contributed by atoms with Crippen LogP contribution in [0.3, 0.4) is 0 Å². The van der Waals surface area contributed by atoms with Gasteiger partial charge in [-0.1, -0.05) is 17.4 Å². The summed E-state index contributed by atoms with van der Waals surface area (Å²) < 4.78 is 0. The highest BCUT2D eigenvalue weighted by atomic mass is 35.5. The number of benzene rings is 1. The molecule has 5 heteroatoms. The number of rotatable bonds is 1. The van der Waals surface area contributed by atoms with Crippen LogP contribution in [0.1, 0.15) is 10.4 Å². The molecule has 0 saturated heterocycles. The summed E-state index contributed by atoms with van der Waals surface area (Å²) in [7, 11) is 0. The third kappa shape index (κ3) is 1.29. The maximum absolute atomic E-state index is 11.0. The lowest BCUT2D eigenvalue weighted by molar-refractivity contribution is -0.266. The predicted molar refractivity (Wildman–Crippen MR) is 42.3 cm³/mol. The number of halogens is 1. The number of hydrogen-bond acceptors (Lipinski definition) is 3. The lowest BCUT2D eigenvalue weighted by Crippen LogP contribution is -2.06. The van der Waals surface area contributed by atoms with E-state index in [1.54, 1.807) is 0 Å². The first kappa shape index (κ1) is 8.67. The van der Waals surface area contributed by atoms with Gasteiger partial charge in [-0.2, -0.15) is 0 Å². The van der Waals surface area contributed by atoms with E-state index in [9.17, 15) is 9.90 Å². The van der Waals surface area contributed by atoms with Gasteiger partial charge in [0.2, 0.25) is 0 Å². The second kappa shape index (κ2) is 2.91. The van der Waals surface area contributed by atoms with Crippen LogP contribution in [-0.2, 0) is 0 Å². The minimum atomic E-state index is -1.23. The van der Waals surface area contributed by atoms with Gasteiger partial charge in [0.1, 0.15) is 0 Å². The van der Waals surface area contributed by atoms with Crippen LogP contribution in [0, 0.1) is 0 Å². The molecule has 0 spiro atoms. The normalized spacial score (nSPS) is 9.75. The minimum Gasteiger partial charge on any atom is -0.870 e. The van der Waals surface area contributed by atoms with E-state index in [1.165, 1.54) is 12.1 Å². The first-order chi connectivity index (χ1) is 5.54. The Morgan fingerprint density at radius 1 is 1.58 bits per heavy atom. The van der Waals surface area contributed by atoms with Crippen LogP contribution in [0.5, 0.6) is 5.75 Å². The molecule has 1 aromatic rings. The Morgan fingerprint density at radius 2 is 2.17 bits per heavy atom. The molecule has 0 fully saturated rings. The Bertz CT molecular complexity index is 338. The topological polar surface area (TPSA) is 86.4 Å². The van der Waals surface area contributed by atoms with Crippen molar-refractivity contribution < 1.29 is 15.0 Å². The molecule has 0 saturated carbocycles. The molecule has 0 aliphatic heterocycles. The first-order valence-corrected chi connectivity index (χ1v) is 3.40. The van der Waals surface area contributed by atoms with E-state index in [2.05, 4.69) is 0 Å². The second-order valence-electron chi connectivity index (χ2n) is 2.14. The van der Waals surface area contributed by atoms with Gasteiger partial charge in [-0.15, -0.1) is 0 Å². The highest BCUT2D eigenvalue weighted by Gasteiger charge is 2.08. The van der Waals surface area contributed by atoms with Crippen molar-refractivity contribution in [2.45, 2.75) is 0 Å². The summed E-state index contributed by atoms with van der Waals surface area (Å²) in [4.78, 5) is 10.4. The maximum Gasteiger partial charge on any atom is 0.337 e. The molecule has 0 atom stereocenters. The average Bonchev–Trinajstić information content (AvgIpc) is 2.00. The zero-order valence-corrected chi connectivity index (χ0v) is 6.63. The number of nitrogen functional groups attached to an aromatic ring is 1. The lowest BCUT2D eigenvalue weighted by Gasteiger charge is -2.13. The van der Waals surface area contributed by atoms with Gasteiger partial charge in [0.25, 0.3) is 0 Å². The number of anilines is 1. The largest absolute Gasteiger partial charge is 0.870 e. The van der Waals surface area contributed by atoms with Crippen molar-refractivity contribution >= 4 is 23.3 Å². The summed E-state index contributed by atoms with van der Waals surface area (Å²) in [6.07, 6.45) is 0.